The van der Waals surface area contributed by atoms with Crippen LogP contribution in [0, 0.1) is 22.7 Å². The van der Waals surface area contributed by atoms with Gasteiger partial charge >= 0.3 is 0 Å². The molecule has 1 aromatic rings. The molecule has 0 aromatic heterocycles. The van der Waals surface area contributed by atoms with Crippen molar-refractivity contribution in [2.45, 2.75) is 13.8 Å². The van der Waals surface area contributed by atoms with Gasteiger partial charge in [0.15, 0.2) is 0 Å². The van der Waals surface area contributed by atoms with Crippen LogP contribution >= 0.6 is 0 Å². The van der Waals surface area contributed by atoms with E-state index < -0.39 is 0 Å². The normalized spacial score (nSPS) is 11.8. The first-order valence-corrected chi connectivity index (χ1v) is 5.00. The van der Waals surface area contributed by atoms with Gasteiger partial charge < -0.3 is 0 Å². The Balaban J connectivity index is 3.12. The molecule has 16 heavy (non-hydrogen) atoms. The quantitative estimate of drug-likeness (QED) is 0.698. The number of allylic oxidation sites excluding steroid dienone is 4. The lowest BCUT2D eigenvalue weighted by Gasteiger charge is -2.01. The Kier molecular flexibility index (Phi) is 4.07. The van der Waals surface area contributed by atoms with Gasteiger partial charge in [-0.05, 0) is 25.0 Å². The highest BCUT2D eigenvalue weighted by molar-refractivity contribution is 5.80. The standard InChI is InChI=1S/C14H12N2/c1-3-11(9-15)13-5-7-14(8-6-13)12(4-2)10-16/h3-8H,1-2H3/b11-3+,12-4+. The minimum absolute atomic E-state index is 0.644. The van der Waals surface area contributed by atoms with E-state index in [9.17, 15) is 0 Å². The second-order valence-corrected chi connectivity index (χ2v) is 3.21. The van der Waals surface area contributed by atoms with Gasteiger partial charge in [-0.3, -0.25) is 0 Å². The number of hydrogen-bond donors (Lipinski definition) is 0. The van der Waals surface area contributed by atoms with Gasteiger partial charge in [-0.1, -0.05) is 36.4 Å². The predicted octanol–water partition coefficient (Wildman–Crippen LogP) is 3.54. The molecule has 0 aliphatic carbocycles. The second-order valence-electron chi connectivity index (χ2n) is 3.21. The first-order chi connectivity index (χ1) is 7.76. The minimum Gasteiger partial charge on any atom is -0.192 e. The van der Waals surface area contributed by atoms with Crippen molar-refractivity contribution in [3.05, 3.63) is 47.5 Å². The van der Waals surface area contributed by atoms with Crippen molar-refractivity contribution in [3.8, 4) is 12.1 Å². The maximum absolute atomic E-state index is 8.87. The van der Waals surface area contributed by atoms with Crippen LogP contribution in [-0.4, -0.2) is 0 Å². The van der Waals surface area contributed by atoms with E-state index in [1.54, 1.807) is 12.2 Å². The number of hydrogen-bond acceptors (Lipinski definition) is 2. The van der Waals surface area contributed by atoms with E-state index in [0.717, 1.165) is 11.1 Å². The molecule has 0 radical (unpaired) electrons. The van der Waals surface area contributed by atoms with E-state index in [1.807, 2.05) is 38.1 Å². The van der Waals surface area contributed by atoms with Crippen LogP contribution < -0.4 is 0 Å². The fraction of sp³-hybridized carbons (Fsp3) is 0.143. The summed E-state index contributed by atoms with van der Waals surface area (Å²) in [5.41, 5.74) is 3.04. The van der Waals surface area contributed by atoms with Crippen LogP contribution in [0.1, 0.15) is 25.0 Å². The van der Waals surface area contributed by atoms with Crippen LogP contribution in [0.5, 0.6) is 0 Å². The van der Waals surface area contributed by atoms with E-state index in [0.29, 0.717) is 11.1 Å². The van der Waals surface area contributed by atoms with E-state index in [-0.39, 0.29) is 0 Å². The highest BCUT2D eigenvalue weighted by atomic mass is 14.3. The summed E-state index contributed by atoms with van der Waals surface area (Å²) in [5, 5.41) is 17.7. The first-order valence-electron chi connectivity index (χ1n) is 5.00. The zero-order valence-corrected chi connectivity index (χ0v) is 9.36. The van der Waals surface area contributed by atoms with Gasteiger partial charge in [-0.2, -0.15) is 10.5 Å². The molecule has 0 atom stereocenters. The van der Waals surface area contributed by atoms with Crippen LogP contribution in [0.15, 0.2) is 36.4 Å². The summed E-state index contributed by atoms with van der Waals surface area (Å²) in [7, 11) is 0. The third-order valence-electron chi connectivity index (χ3n) is 2.33. The Morgan fingerprint density at radius 2 is 1.19 bits per heavy atom. The van der Waals surface area contributed by atoms with E-state index in [1.165, 1.54) is 0 Å². The lowest BCUT2D eigenvalue weighted by atomic mass is 10.0. The van der Waals surface area contributed by atoms with Gasteiger partial charge in [0.25, 0.3) is 0 Å². The maximum Gasteiger partial charge on any atom is 0.0994 e. The van der Waals surface area contributed by atoms with Crippen LogP contribution in [0.3, 0.4) is 0 Å². The Labute approximate surface area is 95.8 Å². The highest BCUT2D eigenvalue weighted by Gasteiger charge is 2.01. The Bertz CT molecular complexity index is 456. The zero-order valence-electron chi connectivity index (χ0n) is 9.36. The van der Waals surface area contributed by atoms with Crippen molar-refractivity contribution in [2.24, 2.45) is 0 Å². The van der Waals surface area contributed by atoms with Gasteiger partial charge in [0.1, 0.15) is 0 Å². The van der Waals surface area contributed by atoms with E-state index >= 15 is 0 Å². The molecule has 0 saturated carbocycles. The summed E-state index contributed by atoms with van der Waals surface area (Å²) in [4.78, 5) is 0. The topological polar surface area (TPSA) is 47.6 Å². The Hall–Kier alpha value is -2.32. The number of benzene rings is 1. The Morgan fingerprint density at radius 3 is 1.38 bits per heavy atom. The number of nitrogens with zero attached hydrogens (tertiary/aromatic N) is 2. The fourth-order valence-corrected chi connectivity index (χ4v) is 1.42. The van der Waals surface area contributed by atoms with Crippen molar-refractivity contribution in [1.29, 1.82) is 10.5 Å². The molecule has 1 aromatic carbocycles. The molecule has 0 spiro atoms. The summed E-state index contributed by atoms with van der Waals surface area (Å²) in [6, 6.07) is 11.7. The largest absolute Gasteiger partial charge is 0.192 e. The van der Waals surface area contributed by atoms with Crippen LogP contribution in [0.2, 0.25) is 0 Å². The van der Waals surface area contributed by atoms with Crippen LogP contribution in [0.4, 0.5) is 0 Å². The molecule has 0 unspecified atom stereocenters. The SMILES string of the molecule is C/C=C(\C#N)c1ccc(/C(C#N)=C/C)cc1. The monoisotopic (exact) mass is 208 g/mol. The number of rotatable bonds is 2. The molecule has 0 N–H and O–H groups in total. The third-order valence-corrected chi connectivity index (χ3v) is 2.33. The van der Waals surface area contributed by atoms with Crippen molar-refractivity contribution in [1.82, 2.24) is 0 Å². The smallest absolute Gasteiger partial charge is 0.0994 e. The summed E-state index contributed by atoms with van der Waals surface area (Å²) in [6.07, 6.45) is 3.55. The molecule has 0 aliphatic rings. The molecule has 0 amide bonds. The van der Waals surface area contributed by atoms with E-state index in [2.05, 4.69) is 12.1 Å². The van der Waals surface area contributed by atoms with Crippen molar-refractivity contribution in [3.63, 3.8) is 0 Å². The molecule has 2 nitrogen and oxygen atoms in total. The first kappa shape index (κ1) is 11.8. The highest BCUT2D eigenvalue weighted by Crippen LogP contribution is 2.18. The van der Waals surface area contributed by atoms with Gasteiger partial charge in [0.05, 0.1) is 23.3 Å². The lowest BCUT2D eigenvalue weighted by molar-refractivity contribution is 1.49. The third kappa shape index (κ3) is 2.38. The van der Waals surface area contributed by atoms with Crippen molar-refractivity contribution in [2.75, 3.05) is 0 Å². The molecule has 78 valence electrons. The average Bonchev–Trinajstić information content (AvgIpc) is 2.34. The molecular formula is C14H12N2. The van der Waals surface area contributed by atoms with E-state index in [4.69, 9.17) is 10.5 Å². The van der Waals surface area contributed by atoms with Gasteiger partial charge in [-0.15, -0.1) is 0 Å². The zero-order chi connectivity index (χ0) is 12.0. The van der Waals surface area contributed by atoms with Gasteiger partial charge in [0.2, 0.25) is 0 Å². The summed E-state index contributed by atoms with van der Waals surface area (Å²) in [5.74, 6) is 0. The minimum atomic E-state index is 0.644. The average molecular weight is 208 g/mol. The van der Waals surface area contributed by atoms with Crippen molar-refractivity contribution >= 4 is 11.1 Å². The molecule has 0 fully saturated rings. The molecule has 0 saturated heterocycles. The molecule has 1 rings (SSSR count). The Morgan fingerprint density at radius 1 is 0.875 bits per heavy atom. The molecular weight excluding hydrogens is 196 g/mol. The summed E-state index contributed by atoms with van der Waals surface area (Å²) in [6.45, 7) is 3.66. The number of nitriles is 2. The van der Waals surface area contributed by atoms with Gasteiger partial charge in [0, 0.05) is 0 Å². The summed E-state index contributed by atoms with van der Waals surface area (Å²) < 4.78 is 0. The van der Waals surface area contributed by atoms with Crippen LogP contribution in [-0.2, 0) is 0 Å². The van der Waals surface area contributed by atoms with Crippen LogP contribution in [0.25, 0.3) is 11.1 Å². The molecule has 0 bridgehead atoms. The molecule has 0 heterocycles. The maximum atomic E-state index is 8.87. The fourth-order valence-electron chi connectivity index (χ4n) is 1.42. The summed E-state index contributed by atoms with van der Waals surface area (Å²) >= 11 is 0. The predicted molar refractivity (Wildman–Crippen MR) is 65.0 cm³/mol. The van der Waals surface area contributed by atoms with Gasteiger partial charge in [-0.25, -0.2) is 0 Å². The second kappa shape index (κ2) is 5.53. The van der Waals surface area contributed by atoms with Crippen molar-refractivity contribution < 1.29 is 0 Å². The molecule has 2 heteroatoms. The lowest BCUT2D eigenvalue weighted by Crippen LogP contribution is -1.84. The molecule has 0 aliphatic heterocycles.